The van der Waals surface area contributed by atoms with E-state index in [2.05, 4.69) is 20.8 Å². The number of pyridine rings is 1. The van der Waals surface area contributed by atoms with Crippen molar-refractivity contribution in [1.82, 2.24) is 14.5 Å². The maximum atomic E-state index is 14.1. The van der Waals surface area contributed by atoms with Crippen LogP contribution in [-0.2, 0) is 10.3 Å². The van der Waals surface area contributed by atoms with Crippen LogP contribution < -0.4 is 0 Å². The molecule has 5 nitrogen and oxygen atoms in total. The van der Waals surface area contributed by atoms with Crippen LogP contribution in [0.5, 0.6) is 0 Å². The molecule has 5 rings (SSSR count). The first kappa shape index (κ1) is 20.5. The number of fused-ring (bicyclic) bond motifs is 1. The third-order valence-electron chi connectivity index (χ3n) is 6.35. The maximum absolute atomic E-state index is 14.1. The fourth-order valence-electron chi connectivity index (χ4n) is 4.59. The number of hydrogen-bond acceptors (Lipinski definition) is 3. The molecule has 0 bridgehead atoms. The fraction of sp³-hybridized carbons (Fsp3) is 0.417. The number of aromatic nitrogens is 2. The van der Waals surface area contributed by atoms with E-state index >= 15 is 0 Å². The van der Waals surface area contributed by atoms with Crippen LogP contribution in [0.3, 0.4) is 0 Å². The minimum absolute atomic E-state index is 0.0554. The molecular formula is C24H25ClFN3O2. The van der Waals surface area contributed by atoms with E-state index in [1.165, 1.54) is 6.07 Å². The summed E-state index contributed by atoms with van der Waals surface area (Å²) in [6.07, 6.45) is 2.99. The van der Waals surface area contributed by atoms with Crippen molar-refractivity contribution >= 4 is 28.5 Å². The third kappa shape index (κ3) is 3.42. The first-order chi connectivity index (χ1) is 14.7. The number of ether oxygens (including phenoxy) is 1. The van der Waals surface area contributed by atoms with Gasteiger partial charge in [0.25, 0.3) is 5.91 Å². The zero-order chi connectivity index (χ0) is 22.0. The van der Waals surface area contributed by atoms with Gasteiger partial charge in [-0.1, -0.05) is 17.7 Å². The van der Waals surface area contributed by atoms with Crippen molar-refractivity contribution in [3.05, 3.63) is 53.1 Å². The van der Waals surface area contributed by atoms with Gasteiger partial charge in [0.05, 0.1) is 11.6 Å². The predicted octanol–water partition coefficient (Wildman–Crippen LogP) is 5.11. The Labute approximate surface area is 185 Å². The van der Waals surface area contributed by atoms with E-state index in [0.29, 0.717) is 11.3 Å². The van der Waals surface area contributed by atoms with Gasteiger partial charge in [-0.2, -0.15) is 0 Å². The Morgan fingerprint density at radius 1 is 1.23 bits per heavy atom. The summed E-state index contributed by atoms with van der Waals surface area (Å²) < 4.78 is 21.7. The molecule has 2 saturated heterocycles. The molecule has 2 aliphatic heterocycles. The van der Waals surface area contributed by atoms with E-state index in [1.54, 1.807) is 18.2 Å². The van der Waals surface area contributed by atoms with E-state index in [9.17, 15) is 9.18 Å². The van der Waals surface area contributed by atoms with E-state index in [1.807, 2.05) is 21.7 Å². The van der Waals surface area contributed by atoms with E-state index in [0.717, 1.165) is 49.2 Å². The second-order valence-corrected chi connectivity index (χ2v) is 10.2. The molecule has 1 amide bonds. The molecule has 4 heterocycles. The summed E-state index contributed by atoms with van der Waals surface area (Å²) in [6, 6.07) is 8.48. The van der Waals surface area contributed by atoms with Crippen LogP contribution in [0.25, 0.3) is 22.2 Å². The molecule has 31 heavy (non-hydrogen) atoms. The summed E-state index contributed by atoms with van der Waals surface area (Å²) >= 11 is 5.87. The summed E-state index contributed by atoms with van der Waals surface area (Å²) in [5.74, 6) is -0.515. The van der Waals surface area contributed by atoms with Gasteiger partial charge in [0.2, 0.25) is 0 Å². The van der Waals surface area contributed by atoms with Gasteiger partial charge in [-0.3, -0.25) is 4.79 Å². The van der Waals surface area contributed by atoms with Gasteiger partial charge in [0.15, 0.2) is 0 Å². The van der Waals surface area contributed by atoms with Gasteiger partial charge in [0.1, 0.15) is 17.2 Å². The molecule has 0 unspecified atom stereocenters. The Kier molecular flexibility index (Phi) is 4.65. The summed E-state index contributed by atoms with van der Waals surface area (Å²) in [5.41, 5.74) is 2.59. The van der Waals surface area contributed by atoms with Crippen LogP contribution in [-0.4, -0.2) is 46.7 Å². The number of carbonyl (C=O) groups excluding carboxylic acids is 1. The average molecular weight is 442 g/mol. The first-order valence-corrected chi connectivity index (χ1v) is 10.9. The molecule has 0 atom stereocenters. The van der Waals surface area contributed by atoms with Gasteiger partial charge < -0.3 is 14.2 Å². The van der Waals surface area contributed by atoms with Crippen molar-refractivity contribution in [2.45, 2.75) is 32.7 Å². The van der Waals surface area contributed by atoms with Gasteiger partial charge >= 0.3 is 0 Å². The SMILES string of the molecule is CC(C)(C)n1cc(-c2ccc(Cl)c(F)c2)c2ccc(C(=O)N3CC4(CCOC4)C3)nc21. The van der Waals surface area contributed by atoms with Crippen LogP contribution in [0.4, 0.5) is 4.39 Å². The highest BCUT2D eigenvalue weighted by Crippen LogP contribution is 2.39. The number of carbonyl (C=O) groups is 1. The summed E-state index contributed by atoms with van der Waals surface area (Å²) in [5, 5.41) is 0.965. The van der Waals surface area contributed by atoms with Crippen molar-refractivity contribution in [3.63, 3.8) is 0 Å². The molecule has 0 aliphatic carbocycles. The van der Waals surface area contributed by atoms with Crippen LogP contribution in [0.15, 0.2) is 36.5 Å². The lowest BCUT2D eigenvalue weighted by molar-refractivity contribution is -0.0000258. The fourth-order valence-corrected chi connectivity index (χ4v) is 4.71. The second-order valence-electron chi connectivity index (χ2n) is 9.74. The minimum Gasteiger partial charge on any atom is -0.381 e. The lowest BCUT2D eigenvalue weighted by Gasteiger charge is -2.46. The Hall–Kier alpha value is -2.44. The molecule has 2 aromatic heterocycles. The highest BCUT2D eigenvalue weighted by atomic mass is 35.5. The lowest BCUT2D eigenvalue weighted by atomic mass is 9.79. The standard InChI is InChI=1S/C24H25ClFN3O2/c1-23(2,3)29-11-17(15-4-6-18(25)19(26)10-15)16-5-7-20(27-21(16)29)22(30)28-12-24(13-28)8-9-31-14-24/h4-7,10-11H,8-9,12-14H2,1-3H3. The molecule has 1 aromatic carbocycles. The monoisotopic (exact) mass is 441 g/mol. The summed E-state index contributed by atoms with van der Waals surface area (Å²) in [6.45, 7) is 9.19. The highest BCUT2D eigenvalue weighted by molar-refractivity contribution is 6.30. The molecule has 0 N–H and O–H groups in total. The average Bonchev–Trinajstić information content (AvgIpc) is 3.33. The Balaban J connectivity index is 1.54. The molecule has 162 valence electrons. The number of nitrogens with zero attached hydrogens (tertiary/aromatic N) is 3. The van der Waals surface area contributed by atoms with Crippen LogP contribution in [0.1, 0.15) is 37.7 Å². The van der Waals surface area contributed by atoms with Gasteiger partial charge in [-0.25, -0.2) is 9.37 Å². The van der Waals surface area contributed by atoms with E-state index in [-0.39, 0.29) is 21.9 Å². The van der Waals surface area contributed by atoms with Crippen molar-refractivity contribution in [2.75, 3.05) is 26.3 Å². The van der Waals surface area contributed by atoms with E-state index < -0.39 is 5.82 Å². The normalized spacial score (nSPS) is 18.0. The maximum Gasteiger partial charge on any atom is 0.272 e. The lowest BCUT2D eigenvalue weighted by Crippen LogP contribution is -2.58. The number of halogens is 2. The van der Waals surface area contributed by atoms with Crippen molar-refractivity contribution in [3.8, 4) is 11.1 Å². The molecule has 2 fully saturated rings. The zero-order valence-electron chi connectivity index (χ0n) is 17.9. The molecule has 0 radical (unpaired) electrons. The second kappa shape index (κ2) is 7.04. The third-order valence-corrected chi connectivity index (χ3v) is 6.66. The highest BCUT2D eigenvalue weighted by Gasteiger charge is 2.48. The number of hydrogen-bond donors (Lipinski definition) is 0. The Morgan fingerprint density at radius 2 is 2.00 bits per heavy atom. The minimum atomic E-state index is -0.460. The van der Waals surface area contributed by atoms with Crippen molar-refractivity contribution < 1.29 is 13.9 Å². The van der Waals surface area contributed by atoms with Crippen molar-refractivity contribution in [2.24, 2.45) is 5.41 Å². The number of rotatable bonds is 2. The largest absolute Gasteiger partial charge is 0.381 e. The quantitative estimate of drug-likeness (QED) is 0.555. The summed E-state index contributed by atoms with van der Waals surface area (Å²) in [4.78, 5) is 19.7. The number of likely N-dealkylation sites (tertiary alicyclic amines) is 1. The zero-order valence-corrected chi connectivity index (χ0v) is 18.7. The molecule has 1 spiro atoms. The number of benzene rings is 1. The van der Waals surface area contributed by atoms with Gasteiger partial charge in [-0.05, 0) is 57.0 Å². The number of amides is 1. The molecule has 7 heteroatoms. The topological polar surface area (TPSA) is 47.4 Å². The van der Waals surface area contributed by atoms with Gasteiger partial charge in [-0.15, -0.1) is 0 Å². The van der Waals surface area contributed by atoms with Crippen LogP contribution >= 0.6 is 11.6 Å². The van der Waals surface area contributed by atoms with Crippen LogP contribution in [0.2, 0.25) is 5.02 Å². The smallest absolute Gasteiger partial charge is 0.272 e. The van der Waals surface area contributed by atoms with Crippen LogP contribution in [0, 0.1) is 11.2 Å². The Morgan fingerprint density at radius 3 is 2.65 bits per heavy atom. The molecule has 3 aromatic rings. The first-order valence-electron chi connectivity index (χ1n) is 10.5. The van der Waals surface area contributed by atoms with E-state index in [4.69, 9.17) is 21.3 Å². The van der Waals surface area contributed by atoms with Crippen molar-refractivity contribution in [1.29, 1.82) is 0 Å². The predicted molar refractivity (Wildman–Crippen MR) is 119 cm³/mol. The molecule has 2 aliphatic rings. The molecular weight excluding hydrogens is 417 g/mol. The molecule has 0 saturated carbocycles. The Bertz CT molecular complexity index is 1180. The van der Waals surface area contributed by atoms with Gasteiger partial charge in [0, 0.05) is 47.8 Å². The summed E-state index contributed by atoms with van der Waals surface area (Å²) in [7, 11) is 0.